The van der Waals surface area contributed by atoms with Crippen LogP contribution in [0.25, 0.3) is 0 Å². The molecule has 0 spiro atoms. The van der Waals surface area contributed by atoms with Gasteiger partial charge in [-0.2, -0.15) is 0 Å². The molecule has 0 amide bonds. The molecular weight excluding hydrogens is 144 g/mol. The zero-order chi connectivity index (χ0) is 7.40. The molecule has 10 heavy (non-hydrogen) atoms. The van der Waals surface area contributed by atoms with E-state index in [0.717, 1.165) is 10.5 Å². The number of thiol groups is 1. The lowest BCUT2D eigenvalue weighted by Crippen LogP contribution is -1.85. The van der Waals surface area contributed by atoms with Gasteiger partial charge in [0.2, 0.25) is 0 Å². The standard InChI is InChI=1S/C8H10OS/c1-9-6-7-3-2-4-8(10)5-7/h2-5,10H,6H2,1H3. The van der Waals surface area contributed by atoms with Gasteiger partial charge in [-0.3, -0.25) is 0 Å². The smallest absolute Gasteiger partial charge is 0.0713 e. The van der Waals surface area contributed by atoms with Gasteiger partial charge in [0.1, 0.15) is 0 Å². The Hall–Kier alpha value is -0.470. The van der Waals surface area contributed by atoms with E-state index in [1.165, 1.54) is 0 Å². The van der Waals surface area contributed by atoms with Gasteiger partial charge in [0, 0.05) is 12.0 Å². The minimum absolute atomic E-state index is 0.661. The highest BCUT2D eigenvalue weighted by atomic mass is 32.1. The molecule has 0 heterocycles. The van der Waals surface area contributed by atoms with Gasteiger partial charge in [0.05, 0.1) is 6.61 Å². The van der Waals surface area contributed by atoms with E-state index in [0.29, 0.717) is 6.61 Å². The lowest BCUT2D eigenvalue weighted by atomic mass is 10.2. The maximum atomic E-state index is 4.95. The first-order chi connectivity index (χ1) is 4.83. The Bertz CT molecular complexity index is 210. The summed E-state index contributed by atoms with van der Waals surface area (Å²) in [6, 6.07) is 7.93. The first-order valence-corrected chi connectivity index (χ1v) is 3.54. The predicted molar refractivity (Wildman–Crippen MR) is 44.4 cm³/mol. The van der Waals surface area contributed by atoms with Gasteiger partial charge in [0.15, 0.2) is 0 Å². The number of methoxy groups -OCH3 is 1. The van der Waals surface area contributed by atoms with Crippen LogP contribution in [0, 0.1) is 0 Å². The Balaban J connectivity index is 2.75. The molecular formula is C8H10OS. The highest BCUT2D eigenvalue weighted by molar-refractivity contribution is 7.80. The van der Waals surface area contributed by atoms with Crippen LogP contribution in [-0.2, 0) is 11.3 Å². The van der Waals surface area contributed by atoms with Crippen LogP contribution in [0.4, 0.5) is 0 Å². The molecule has 0 N–H and O–H groups in total. The fourth-order valence-electron chi connectivity index (χ4n) is 0.813. The average molecular weight is 154 g/mol. The van der Waals surface area contributed by atoms with Crippen LogP contribution >= 0.6 is 12.6 Å². The number of benzene rings is 1. The number of ether oxygens (including phenoxy) is 1. The van der Waals surface area contributed by atoms with Crippen molar-refractivity contribution in [2.75, 3.05) is 7.11 Å². The number of rotatable bonds is 2. The summed E-state index contributed by atoms with van der Waals surface area (Å²) in [5, 5.41) is 0. The van der Waals surface area contributed by atoms with Gasteiger partial charge in [-0.25, -0.2) is 0 Å². The highest BCUT2D eigenvalue weighted by Crippen LogP contribution is 2.08. The molecule has 2 heteroatoms. The summed E-state index contributed by atoms with van der Waals surface area (Å²) in [6.07, 6.45) is 0. The molecule has 1 rings (SSSR count). The van der Waals surface area contributed by atoms with Crippen molar-refractivity contribution in [1.82, 2.24) is 0 Å². The van der Waals surface area contributed by atoms with Crippen LogP contribution in [0.15, 0.2) is 29.2 Å². The summed E-state index contributed by atoms with van der Waals surface area (Å²) >= 11 is 4.19. The topological polar surface area (TPSA) is 9.23 Å². The van der Waals surface area contributed by atoms with E-state index >= 15 is 0 Å². The van der Waals surface area contributed by atoms with Gasteiger partial charge in [-0.05, 0) is 17.7 Å². The third-order valence-corrected chi connectivity index (χ3v) is 1.50. The normalized spacial score (nSPS) is 9.80. The average Bonchev–Trinajstić information content (AvgIpc) is 1.88. The molecule has 1 nitrogen and oxygen atoms in total. The molecule has 0 aliphatic heterocycles. The van der Waals surface area contributed by atoms with Crippen LogP contribution in [0.2, 0.25) is 0 Å². The van der Waals surface area contributed by atoms with E-state index in [-0.39, 0.29) is 0 Å². The van der Waals surface area contributed by atoms with Crippen LogP contribution in [0.3, 0.4) is 0 Å². The summed E-state index contributed by atoms with van der Waals surface area (Å²) in [5.41, 5.74) is 1.16. The van der Waals surface area contributed by atoms with Crippen molar-refractivity contribution in [3.63, 3.8) is 0 Å². The van der Waals surface area contributed by atoms with Gasteiger partial charge in [0.25, 0.3) is 0 Å². The van der Waals surface area contributed by atoms with Crippen molar-refractivity contribution in [3.8, 4) is 0 Å². The van der Waals surface area contributed by atoms with Crippen LogP contribution in [0.1, 0.15) is 5.56 Å². The van der Waals surface area contributed by atoms with E-state index < -0.39 is 0 Å². The lowest BCUT2D eigenvalue weighted by Gasteiger charge is -1.98. The van der Waals surface area contributed by atoms with Crippen molar-refractivity contribution in [2.45, 2.75) is 11.5 Å². The first kappa shape index (κ1) is 7.63. The first-order valence-electron chi connectivity index (χ1n) is 3.10. The quantitative estimate of drug-likeness (QED) is 0.642. The second-order valence-electron chi connectivity index (χ2n) is 2.10. The molecule has 0 atom stereocenters. The molecule has 0 fully saturated rings. The van der Waals surface area contributed by atoms with Crippen LogP contribution < -0.4 is 0 Å². The fraction of sp³-hybridized carbons (Fsp3) is 0.250. The largest absolute Gasteiger partial charge is 0.380 e. The predicted octanol–water partition coefficient (Wildman–Crippen LogP) is 2.12. The van der Waals surface area contributed by atoms with E-state index in [4.69, 9.17) is 4.74 Å². The van der Waals surface area contributed by atoms with Gasteiger partial charge < -0.3 is 4.74 Å². The number of hydrogen-bond acceptors (Lipinski definition) is 2. The summed E-state index contributed by atoms with van der Waals surface area (Å²) in [7, 11) is 1.69. The molecule has 0 radical (unpaired) electrons. The minimum atomic E-state index is 0.661. The maximum Gasteiger partial charge on any atom is 0.0713 e. The summed E-state index contributed by atoms with van der Waals surface area (Å²) < 4.78 is 4.95. The van der Waals surface area contributed by atoms with Gasteiger partial charge in [-0.15, -0.1) is 12.6 Å². The van der Waals surface area contributed by atoms with Crippen molar-refractivity contribution < 1.29 is 4.74 Å². The van der Waals surface area contributed by atoms with E-state index in [2.05, 4.69) is 12.6 Å². The third kappa shape index (κ3) is 2.05. The Morgan fingerprint density at radius 2 is 2.30 bits per heavy atom. The molecule has 0 aliphatic rings. The maximum absolute atomic E-state index is 4.95. The Morgan fingerprint density at radius 1 is 1.50 bits per heavy atom. The van der Waals surface area contributed by atoms with E-state index in [1.807, 2.05) is 24.3 Å². The van der Waals surface area contributed by atoms with Crippen molar-refractivity contribution >= 4 is 12.6 Å². The Morgan fingerprint density at radius 3 is 2.90 bits per heavy atom. The van der Waals surface area contributed by atoms with E-state index in [1.54, 1.807) is 7.11 Å². The molecule has 0 saturated carbocycles. The summed E-state index contributed by atoms with van der Waals surface area (Å²) in [6.45, 7) is 0.661. The zero-order valence-corrected chi connectivity index (χ0v) is 6.77. The lowest BCUT2D eigenvalue weighted by molar-refractivity contribution is 0.184. The van der Waals surface area contributed by atoms with Crippen molar-refractivity contribution in [2.24, 2.45) is 0 Å². The van der Waals surface area contributed by atoms with Crippen molar-refractivity contribution in [1.29, 1.82) is 0 Å². The zero-order valence-electron chi connectivity index (χ0n) is 5.87. The molecule has 0 saturated heterocycles. The Labute approximate surface area is 66.4 Å². The van der Waals surface area contributed by atoms with Crippen LogP contribution in [0.5, 0.6) is 0 Å². The summed E-state index contributed by atoms with van der Waals surface area (Å²) in [5.74, 6) is 0. The molecule has 1 aromatic carbocycles. The van der Waals surface area contributed by atoms with Gasteiger partial charge >= 0.3 is 0 Å². The van der Waals surface area contributed by atoms with Gasteiger partial charge in [-0.1, -0.05) is 12.1 Å². The second-order valence-corrected chi connectivity index (χ2v) is 2.62. The SMILES string of the molecule is COCc1cccc(S)c1. The minimum Gasteiger partial charge on any atom is -0.380 e. The van der Waals surface area contributed by atoms with Crippen LogP contribution in [-0.4, -0.2) is 7.11 Å². The molecule has 1 aromatic rings. The number of hydrogen-bond donors (Lipinski definition) is 1. The molecule has 0 unspecified atom stereocenters. The molecule has 0 bridgehead atoms. The Kier molecular flexibility index (Phi) is 2.78. The molecule has 0 aliphatic carbocycles. The monoisotopic (exact) mass is 154 g/mol. The fourth-order valence-corrected chi connectivity index (χ4v) is 1.06. The highest BCUT2D eigenvalue weighted by Gasteiger charge is 1.89. The molecule has 54 valence electrons. The van der Waals surface area contributed by atoms with E-state index in [9.17, 15) is 0 Å². The molecule has 0 aromatic heterocycles. The third-order valence-electron chi connectivity index (χ3n) is 1.22. The van der Waals surface area contributed by atoms with Crippen molar-refractivity contribution in [3.05, 3.63) is 29.8 Å². The second kappa shape index (κ2) is 3.64. The summed E-state index contributed by atoms with van der Waals surface area (Å²) in [4.78, 5) is 0.981.